The molecule has 1 aliphatic rings. The van der Waals surface area contributed by atoms with E-state index in [-0.39, 0.29) is 5.91 Å². The monoisotopic (exact) mass is 383 g/mol. The fourth-order valence-electron chi connectivity index (χ4n) is 2.77. The first-order valence-electron chi connectivity index (χ1n) is 7.84. The molecule has 1 atom stereocenters. The number of carbonyl (C=O) groups excluding carboxylic acids is 3. The van der Waals surface area contributed by atoms with Gasteiger partial charge in [0.25, 0.3) is 11.8 Å². The van der Waals surface area contributed by atoms with Crippen LogP contribution in [0.25, 0.3) is 5.69 Å². The van der Waals surface area contributed by atoms with Crippen molar-refractivity contribution in [2.24, 2.45) is 0 Å². The lowest BCUT2D eigenvalue weighted by molar-refractivity contribution is -0.123. The number of hydrogen-bond donors (Lipinski definition) is 3. The van der Waals surface area contributed by atoms with E-state index in [0.29, 0.717) is 21.8 Å². The molecule has 10 nitrogen and oxygen atoms in total. The van der Waals surface area contributed by atoms with Crippen molar-refractivity contribution in [2.75, 3.05) is 5.32 Å². The van der Waals surface area contributed by atoms with Crippen molar-refractivity contribution in [1.29, 1.82) is 0 Å². The van der Waals surface area contributed by atoms with Crippen LogP contribution < -0.4 is 16.0 Å². The molecule has 4 rings (SSSR count). The molecule has 0 aliphatic carbocycles. The number of anilines is 1. The maximum Gasteiger partial charge on any atom is 0.322 e. The molecule has 4 amide bonds. The largest absolute Gasteiger partial charge is 0.322 e. The van der Waals surface area contributed by atoms with Crippen LogP contribution in [0.5, 0.6) is 0 Å². The molecule has 1 saturated heterocycles. The highest BCUT2D eigenvalue weighted by Gasteiger charge is 2.43. The molecule has 0 spiro atoms. The number of thiophene rings is 1. The molecule has 1 aliphatic heterocycles. The fourth-order valence-corrected chi connectivity index (χ4v) is 3.54. The Bertz CT molecular complexity index is 1050. The highest BCUT2D eigenvalue weighted by molar-refractivity contribution is 7.12. The lowest BCUT2D eigenvalue weighted by atomic mass is 9.92. The van der Waals surface area contributed by atoms with E-state index in [2.05, 4.69) is 31.5 Å². The van der Waals surface area contributed by atoms with Gasteiger partial charge in [-0.05, 0) is 46.5 Å². The molecular formula is C16H13N7O3S. The van der Waals surface area contributed by atoms with Crippen LogP contribution in [0.4, 0.5) is 10.5 Å². The van der Waals surface area contributed by atoms with E-state index in [1.54, 1.807) is 42.6 Å². The van der Waals surface area contributed by atoms with Crippen molar-refractivity contribution in [3.8, 4) is 5.69 Å². The van der Waals surface area contributed by atoms with Gasteiger partial charge in [0.2, 0.25) is 0 Å². The summed E-state index contributed by atoms with van der Waals surface area (Å²) in [5, 5.41) is 20.3. The van der Waals surface area contributed by atoms with E-state index in [1.807, 2.05) is 0 Å². The van der Waals surface area contributed by atoms with E-state index in [0.717, 1.165) is 0 Å². The van der Waals surface area contributed by atoms with Crippen molar-refractivity contribution in [3.63, 3.8) is 0 Å². The SMILES string of the molecule is CC1(c2cccc(NC(=O)c3sccc3-n3cnnn3)c2)NC(=O)NC1=O. The normalized spacial score (nSPS) is 18.9. The highest BCUT2D eigenvalue weighted by Crippen LogP contribution is 2.27. The first-order valence-corrected chi connectivity index (χ1v) is 8.72. The Hall–Kier alpha value is -3.60. The third-order valence-corrected chi connectivity index (χ3v) is 5.09. The quantitative estimate of drug-likeness (QED) is 0.577. The third-order valence-electron chi connectivity index (χ3n) is 4.19. The summed E-state index contributed by atoms with van der Waals surface area (Å²) < 4.78 is 1.40. The molecule has 1 unspecified atom stereocenters. The van der Waals surface area contributed by atoms with Crippen LogP contribution in [0.2, 0.25) is 0 Å². The van der Waals surface area contributed by atoms with Gasteiger partial charge in [-0.2, -0.15) is 4.68 Å². The second kappa shape index (κ2) is 6.29. The Labute approximate surface area is 156 Å². The molecule has 11 heteroatoms. The average Bonchev–Trinajstić information content (AvgIpc) is 3.36. The van der Waals surface area contributed by atoms with Gasteiger partial charge >= 0.3 is 6.03 Å². The maximum atomic E-state index is 12.7. The van der Waals surface area contributed by atoms with Gasteiger partial charge in [0.15, 0.2) is 0 Å². The zero-order chi connectivity index (χ0) is 19.0. The van der Waals surface area contributed by atoms with Gasteiger partial charge in [-0.25, -0.2) is 4.79 Å². The molecule has 27 heavy (non-hydrogen) atoms. The molecule has 0 bridgehead atoms. The Morgan fingerprint density at radius 2 is 2.15 bits per heavy atom. The number of carbonyl (C=O) groups is 3. The van der Waals surface area contributed by atoms with Crippen LogP contribution in [0.3, 0.4) is 0 Å². The summed E-state index contributed by atoms with van der Waals surface area (Å²) in [5.74, 6) is -0.784. The number of tetrazole rings is 1. The van der Waals surface area contributed by atoms with Gasteiger partial charge in [-0.15, -0.1) is 16.4 Å². The van der Waals surface area contributed by atoms with Crippen LogP contribution in [0.15, 0.2) is 42.0 Å². The van der Waals surface area contributed by atoms with Gasteiger partial charge in [-0.1, -0.05) is 12.1 Å². The molecule has 3 heterocycles. The van der Waals surface area contributed by atoms with E-state index >= 15 is 0 Å². The summed E-state index contributed by atoms with van der Waals surface area (Å²) in [7, 11) is 0. The topological polar surface area (TPSA) is 131 Å². The van der Waals surface area contributed by atoms with Crippen LogP contribution in [-0.2, 0) is 10.3 Å². The number of imide groups is 1. The van der Waals surface area contributed by atoms with E-state index < -0.39 is 17.5 Å². The predicted octanol–water partition coefficient (Wildman–Crippen LogP) is 1.03. The number of urea groups is 1. The summed E-state index contributed by atoms with van der Waals surface area (Å²) in [5.41, 5.74) is 0.408. The second-order valence-electron chi connectivity index (χ2n) is 5.96. The number of hydrogen-bond acceptors (Lipinski definition) is 7. The minimum Gasteiger partial charge on any atom is -0.321 e. The first kappa shape index (κ1) is 16.8. The summed E-state index contributed by atoms with van der Waals surface area (Å²) in [4.78, 5) is 36.7. The van der Waals surface area contributed by atoms with Crippen LogP contribution in [-0.4, -0.2) is 38.1 Å². The Kier molecular flexibility index (Phi) is 3.92. The Morgan fingerprint density at radius 3 is 2.85 bits per heavy atom. The molecule has 2 aromatic heterocycles. The highest BCUT2D eigenvalue weighted by atomic mass is 32.1. The number of nitrogens with one attached hydrogen (secondary N) is 3. The summed E-state index contributed by atoms with van der Waals surface area (Å²) in [6, 6.07) is 7.94. The molecule has 1 aromatic carbocycles. The number of amides is 4. The van der Waals surface area contributed by atoms with Crippen molar-refractivity contribution in [3.05, 3.63) is 52.5 Å². The van der Waals surface area contributed by atoms with E-state index in [9.17, 15) is 14.4 Å². The molecule has 136 valence electrons. The van der Waals surface area contributed by atoms with Crippen molar-refractivity contribution in [2.45, 2.75) is 12.5 Å². The summed E-state index contributed by atoms with van der Waals surface area (Å²) in [6.45, 7) is 1.60. The van der Waals surface area contributed by atoms with Crippen LogP contribution in [0.1, 0.15) is 22.2 Å². The zero-order valence-electron chi connectivity index (χ0n) is 14.0. The fraction of sp³-hybridized carbons (Fsp3) is 0.125. The molecule has 3 N–H and O–H groups in total. The average molecular weight is 383 g/mol. The minimum atomic E-state index is -1.20. The third kappa shape index (κ3) is 2.93. The lowest BCUT2D eigenvalue weighted by Gasteiger charge is -2.21. The van der Waals surface area contributed by atoms with Gasteiger partial charge in [-0.3, -0.25) is 14.9 Å². The molecule has 1 fully saturated rings. The Balaban J connectivity index is 1.60. The van der Waals surface area contributed by atoms with Crippen LogP contribution >= 0.6 is 11.3 Å². The lowest BCUT2D eigenvalue weighted by Crippen LogP contribution is -2.40. The molecule has 0 radical (unpaired) electrons. The smallest absolute Gasteiger partial charge is 0.321 e. The van der Waals surface area contributed by atoms with Gasteiger partial charge in [0.1, 0.15) is 16.7 Å². The van der Waals surface area contributed by atoms with Crippen molar-refractivity contribution >= 4 is 34.9 Å². The van der Waals surface area contributed by atoms with E-state index in [1.165, 1.54) is 22.3 Å². The molecule has 0 saturated carbocycles. The van der Waals surface area contributed by atoms with Gasteiger partial charge in [0.05, 0.1) is 5.69 Å². The van der Waals surface area contributed by atoms with Crippen molar-refractivity contribution < 1.29 is 14.4 Å². The van der Waals surface area contributed by atoms with Crippen LogP contribution in [0, 0.1) is 0 Å². The number of rotatable bonds is 4. The van der Waals surface area contributed by atoms with Gasteiger partial charge in [0, 0.05) is 5.69 Å². The maximum absolute atomic E-state index is 12.7. The number of aromatic nitrogens is 4. The standard InChI is InChI=1S/C16H13N7O3S/c1-16(14(25)19-15(26)20-16)9-3-2-4-10(7-9)18-13(24)12-11(5-6-27-12)23-8-17-21-22-23/h2-8H,1H3,(H,18,24)(H2,19,20,25,26). The minimum absolute atomic E-state index is 0.335. The molecule has 3 aromatic rings. The zero-order valence-corrected chi connectivity index (χ0v) is 14.8. The second-order valence-corrected chi connectivity index (χ2v) is 6.87. The molecular weight excluding hydrogens is 370 g/mol. The van der Waals surface area contributed by atoms with E-state index in [4.69, 9.17) is 0 Å². The summed E-state index contributed by atoms with van der Waals surface area (Å²) >= 11 is 1.26. The Morgan fingerprint density at radius 1 is 1.30 bits per heavy atom. The first-order chi connectivity index (χ1) is 13.0. The number of benzene rings is 1. The predicted molar refractivity (Wildman–Crippen MR) is 95.5 cm³/mol. The van der Waals surface area contributed by atoms with Gasteiger partial charge < -0.3 is 10.6 Å². The number of nitrogens with zero attached hydrogens (tertiary/aromatic N) is 4. The van der Waals surface area contributed by atoms with Crippen molar-refractivity contribution in [1.82, 2.24) is 30.8 Å². The summed E-state index contributed by atoms with van der Waals surface area (Å²) in [6.07, 6.45) is 1.40.